The molecular formula is C46H44ClN3O7. The molecule has 9 rings (SSSR count). The van der Waals surface area contributed by atoms with E-state index in [1.807, 2.05) is 54.6 Å². The van der Waals surface area contributed by atoms with Gasteiger partial charge < -0.3 is 14.6 Å². The lowest BCUT2D eigenvalue weighted by Gasteiger charge is -2.51. The van der Waals surface area contributed by atoms with E-state index in [2.05, 4.69) is 17.0 Å². The minimum absolute atomic E-state index is 0.154. The third-order valence-corrected chi connectivity index (χ3v) is 13.4. The van der Waals surface area contributed by atoms with E-state index in [-0.39, 0.29) is 42.2 Å². The van der Waals surface area contributed by atoms with Crippen molar-refractivity contribution in [3.8, 4) is 17.2 Å². The fourth-order valence-corrected chi connectivity index (χ4v) is 11.0. The van der Waals surface area contributed by atoms with Crippen LogP contribution in [0.5, 0.6) is 17.2 Å². The average molecular weight is 786 g/mol. The third-order valence-electron chi connectivity index (χ3n) is 13.2. The Hall–Kier alpha value is -5.45. The number of fused-ring (bicyclic) bond motifs is 4. The number of amides is 4. The number of anilines is 1. The second-order valence-electron chi connectivity index (χ2n) is 15.9. The number of likely N-dealkylation sites (tertiary alicyclic amines) is 2. The van der Waals surface area contributed by atoms with Crippen molar-refractivity contribution >= 4 is 40.9 Å². The Kier molecular flexibility index (Phi) is 9.44. The van der Waals surface area contributed by atoms with Crippen LogP contribution < -0.4 is 14.4 Å². The Morgan fingerprint density at radius 1 is 0.807 bits per heavy atom. The molecule has 0 radical (unpaired) electrons. The standard InChI is InChI=1S/C46H44ClN3O7/c1-56-32-23-37(51)40(38(24-32)57-2)41-33-16-17-34-39(44(54)49(42(34)52)30-18-20-48(21-19-30)26-27-10-5-3-6-11-27)35(33)25-36-43(53)50(31-15-9-14-29(47)22-31)45(55)46(36,41)28-12-7-4-8-13-28/h3-16,22-24,30,34-36,39,41,51H,17-21,25-26H2,1-2H3. The summed E-state index contributed by atoms with van der Waals surface area (Å²) >= 11 is 6.45. The van der Waals surface area contributed by atoms with Gasteiger partial charge in [-0.2, -0.15) is 0 Å². The maximum absolute atomic E-state index is 15.6. The Bertz CT molecular complexity index is 2290. The van der Waals surface area contributed by atoms with Crippen molar-refractivity contribution in [1.29, 1.82) is 0 Å². The number of nitrogens with zero attached hydrogens (tertiary/aromatic N) is 3. The summed E-state index contributed by atoms with van der Waals surface area (Å²) in [6.45, 7) is 2.33. The van der Waals surface area contributed by atoms with Crippen LogP contribution in [0, 0.1) is 23.7 Å². The van der Waals surface area contributed by atoms with Gasteiger partial charge in [0.25, 0.3) is 0 Å². The van der Waals surface area contributed by atoms with Gasteiger partial charge in [0.2, 0.25) is 23.6 Å². The third kappa shape index (κ3) is 5.78. The summed E-state index contributed by atoms with van der Waals surface area (Å²) in [5.41, 5.74) is 1.64. The molecule has 4 aromatic rings. The van der Waals surface area contributed by atoms with E-state index in [0.717, 1.165) is 25.2 Å². The molecule has 292 valence electrons. The predicted octanol–water partition coefficient (Wildman–Crippen LogP) is 6.89. The molecule has 57 heavy (non-hydrogen) atoms. The van der Waals surface area contributed by atoms with E-state index in [1.165, 1.54) is 35.6 Å². The van der Waals surface area contributed by atoms with Crippen molar-refractivity contribution in [2.45, 2.75) is 49.6 Å². The summed E-state index contributed by atoms with van der Waals surface area (Å²) in [5, 5.41) is 12.4. The summed E-state index contributed by atoms with van der Waals surface area (Å²) in [5.74, 6) is -4.66. The van der Waals surface area contributed by atoms with E-state index in [9.17, 15) is 14.7 Å². The van der Waals surface area contributed by atoms with Gasteiger partial charge in [0.15, 0.2) is 0 Å². The van der Waals surface area contributed by atoms with Crippen LogP contribution in [0.25, 0.3) is 0 Å². The first-order chi connectivity index (χ1) is 27.7. The number of hydrogen-bond donors (Lipinski definition) is 1. The first-order valence-corrected chi connectivity index (χ1v) is 20.0. The molecule has 4 amide bonds. The van der Waals surface area contributed by atoms with Gasteiger partial charge in [-0.25, -0.2) is 4.90 Å². The number of phenols is 1. The number of allylic oxidation sites excluding steroid dienone is 2. The zero-order valence-corrected chi connectivity index (χ0v) is 32.6. The molecular weight excluding hydrogens is 742 g/mol. The highest BCUT2D eigenvalue weighted by atomic mass is 35.5. The Balaban J connectivity index is 1.16. The molecule has 2 aliphatic carbocycles. The van der Waals surface area contributed by atoms with Crippen molar-refractivity contribution in [2.75, 3.05) is 32.2 Å². The minimum Gasteiger partial charge on any atom is -0.507 e. The zero-order chi connectivity index (χ0) is 39.6. The molecule has 3 saturated heterocycles. The fraction of sp³-hybridized carbons (Fsp3) is 0.348. The number of imide groups is 2. The number of halogens is 1. The molecule has 0 bridgehead atoms. The number of benzene rings is 4. The highest BCUT2D eigenvalue weighted by Crippen LogP contribution is 2.66. The van der Waals surface area contributed by atoms with Crippen molar-refractivity contribution in [1.82, 2.24) is 9.80 Å². The fourth-order valence-electron chi connectivity index (χ4n) is 10.8. The van der Waals surface area contributed by atoms with E-state index in [0.29, 0.717) is 40.4 Å². The molecule has 5 aliphatic rings. The molecule has 0 aromatic heterocycles. The normalized spacial score (nSPS) is 27.6. The summed E-state index contributed by atoms with van der Waals surface area (Å²) < 4.78 is 11.5. The number of carbonyl (C=O) groups excluding carboxylic acids is 4. The maximum Gasteiger partial charge on any atom is 0.246 e. The lowest BCUT2D eigenvalue weighted by Crippen LogP contribution is -2.53. The number of piperidine rings is 1. The van der Waals surface area contributed by atoms with Crippen molar-refractivity contribution < 1.29 is 33.8 Å². The highest BCUT2D eigenvalue weighted by molar-refractivity contribution is 6.32. The van der Waals surface area contributed by atoms with Gasteiger partial charge in [-0.15, -0.1) is 0 Å². The number of rotatable bonds is 8. The van der Waals surface area contributed by atoms with Gasteiger partial charge in [-0.05, 0) is 60.9 Å². The molecule has 1 N–H and O–H groups in total. The van der Waals surface area contributed by atoms with Crippen LogP contribution in [0.2, 0.25) is 5.02 Å². The van der Waals surface area contributed by atoms with Crippen LogP contribution in [0.1, 0.15) is 48.3 Å². The number of aromatic hydroxyl groups is 1. The van der Waals surface area contributed by atoms with Crippen LogP contribution in [0.3, 0.4) is 0 Å². The Morgan fingerprint density at radius 2 is 1.53 bits per heavy atom. The molecule has 4 fully saturated rings. The SMILES string of the molecule is COc1cc(O)c(C2C3=CCC4C(=O)N(C5CCN(Cc6ccccc6)CC5)C(=O)C4C3CC3C(=O)N(c4cccc(Cl)c4)C(=O)C32c2ccccc2)c(OC)c1. The van der Waals surface area contributed by atoms with Crippen LogP contribution in [-0.4, -0.2) is 71.9 Å². The van der Waals surface area contributed by atoms with Gasteiger partial charge in [-0.1, -0.05) is 90.0 Å². The van der Waals surface area contributed by atoms with Gasteiger partial charge in [0.1, 0.15) is 17.2 Å². The average Bonchev–Trinajstić information content (AvgIpc) is 3.62. The van der Waals surface area contributed by atoms with E-state index >= 15 is 9.59 Å². The quantitative estimate of drug-likeness (QED) is 0.152. The largest absolute Gasteiger partial charge is 0.507 e. The predicted molar refractivity (Wildman–Crippen MR) is 214 cm³/mol. The van der Waals surface area contributed by atoms with Crippen LogP contribution in [-0.2, 0) is 31.1 Å². The zero-order valence-electron chi connectivity index (χ0n) is 31.8. The summed E-state index contributed by atoms with van der Waals surface area (Å²) in [4.78, 5) is 65.1. The molecule has 1 saturated carbocycles. The summed E-state index contributed by atoms with van der Waals surface area (Å²) in [6.07, 6.45) is 3.79. The Morgan fingerprint density at radius 3 is 2.21 bits per heavy atom. The summed E-state index contributed by atoms with van der Waals surface area (Å²) in [6, 6.07) is 29.1. The molecule has 11 heteroatoms. The molecule has 6 atom stereocenters. The van der Waals surface area contributed by atoms with Gasteiger partial charge >= 0.3 is 0 Å². The van der Waals surface area contributed by atoms with Crippen molar-refractivity contribution in [2.24, 2.45) is 23.7 Å². The smallest absolute Gasteiger partial charge is 0.246 e. The number of ether oxygens (including phenoxy) is 2. The van der Waals surface area contributed by atoms with Crippen LogP contribution >= 0.6 is 11.6 Å². The van der Waals surface area contributed by atoms with Crippen molar-refractivity contribution in [3.63, 3.8) is 0 Å². The first kappa shape index (κ1) is 37.1. The second-order valence-corrected chi connectivity index (χ2v) is 16.3. The first-order valence-electron chi connectivity index (χ1n) is 19.6. The maximum atomic E-state index is 15.6. The van der Waals surface area contributed by atoms with E-state index in [1.54, 1.807) is 30.3 Å². The van der Waals surface area contributed by atoms with Gasteiger partial charge in [-0.3, -0.25) is 29.0 Å². The Labute approximate surface area is 336 Å². The van der Waals surface area contributed by atoms with Crippen LogP contribution in [0.4, 0.5) is 5.69 Å². The second kappa shape index (κ2) is 14.5. The molecule has 4 aromatic carbocycles. The lowest BCUT2D eigenvalue weighted by atomic mass is 9.49. The summed E-state index contributed by atoms with van der Waals surface area (Å²) in [7, 11) is 2.97. The van der Waals surface area contributed by atoms with Gasteiger partial charge in [0, 0.05) is 54.3 Å². The minimum atomic E-state index is -1.56. The topological polar surface area (TPSA) is 117 Å². The molecule has 0 spiro atoms. The molecule has 6 unspecified atom stereocenters. The molecule has 3 heterocycles. The molecule has 3 aliphatic heterocycles. The number of phenolic OH excluding ortho intramolecular Hbond substituents is 1. The number of carbonyl (C=O) groups is 4. The monoisotopic (exact) mass is 785 g/mol. The van der Waals surface area contributed by atoms with Crippen LogP contribution in [0.15, 0.2) is 109 Å². The van der Waals surface area contributed by atoms with Crippen molar-refractivity contribution in [3.05, 3.63) is 130 Å². The van der Waals surface area contributed by atoms with Gasteiger partial charge in [0.05, 0.1) is 43.1 Å². The number of methoxy groups -OCH3 is 2. The van der Waals surface area contributed by atoms with E-state index < -0.39 is 46.8 Å². The highest BCUT2D eigenvalue weighted by Gasteiger charge is 2.71. The number of hydrogen-bond acceptors (Lipinski definition) is 8. The lowest BCUT2D eigenvalue weighted by molar-refractivity contribution is -0.144. The molecule has 10 nitrogen and oxygen atoms in total. The van der Waals surface area contributed by atoms with E-state index in [4.69, 9.17) is 21.1 Å².